The van der Waals surface area contributed by atoms with Crippen LogP contribution in [0.2, 0.25) is 0 Å². The fourth-order valence-electron chi connectivity index (χ4n) is 4.23. The van der Waals surface area contributed by atoms with Crippen LogP contribution in [0.3, 0.4) is 0 Å². The van der Waals surface area contributed by atoms with Crippen LogP contribution in [0, 0.1) is 0 Å². The van der Waals surface area contributed by atoms with E-state index in [4.69, 9.17) is 19.6 Å². The first-order chi connectivity index (χ1) is 16.1. The van der Waals surface area contributed by atoms with Gasteiger partial charge in [0.25, 0.3) is 0 Å². The Hall–Kier alpha value is -2.88. The number of benzene rings is 1. The van der Waals surface area contributed by atoms with Gasteiger partial charge in [-0.15, -0.1) is 0 Å². The van der Waals surface area contributed by atoms with E-state index in [0.717, 1.165) is 52.5 Å². The largest absolute Gasteiger partial charge is 0.460 e. The highest BCUT2D eigenvalue weighted by molar-refractivity contribution is 9.10. The van der Waals surface area contributed by atoms with Crippen LogP contribution in [0.25, 0.3) is 22.1 Å². The molecule has 1 saturated heterocycles. The Bertz CT molecular complexity index is 1250. The second kappa shape index (κ2) is 9.54. The van der Waals surface area contributed by atoms with E-state index >= 15 is 0 Å². The van der Waals surface area contributed by atoms with Crippen LogP contribution < -0.4 is 15.8 Å². The molecule has 1 unspecified atom stereocenters. The van der Waals surface area contributed by atoms with Crippen LogP contribution in [-0.2, 0) is 11.2 Å². The van der Waals surface area contributed by atoms with Crippen LogP contribution in [0.15, 0.2) is 58.0 Å². The summed E-state index contributed by atoms with van der Waals surface area (Å²) in [6, 6.07) is 8.42. The van der Waals surface area contributed by atoms with E-state index in [-0.39, 0.29) is 5.82 Å². The van der Waals surface area contributed by atoms with Crippen molar-refractivity contribution in [2.75, 3.05) is 25.9 Å². The summed E-state index contributed by atoms with van der Waals surface area (Å²) >= 11 is 3.50. The molecular weight excluding hydrogens is 486 g/mol. The standard InChI is InChI=1S/C24H26BrN5O3/c1-31-21(10-15-3-2-4-17(25)9-15)33-23-22-19(12-28-24(23)26)20(14-32-22)16-11-29-30(13-16)18-5-7-27-8-6-18/h2-4,9,11-14,18,21,27H,5-8,10H2,1H3,(H2,26,28). The minimum atomic E-state index is -0.551. The van der Waals surface area contributed by atoms with Gasteiger partial charge in [0.15, 0.2) is 11.4 Å². The van der Waals surface area contributed by atoms with E-state index in [1.165, 1.54) is 0 Å². The average Bonchev–Trinajstić information content (AvgIpc) is 3.48. The molecule has 1 aromatic carbocycles. The van der Waals surface area contributed by atoms with Gasteiger partial charge in [0.2, 0.25) is 12.0 Å². The van der Waals surface area contributed by atoms with Crippen molar-refractivity contribution >= 4 is 32.7 Å². The molecule has 0 radical (unpaired) electrons. The molecule has 8 nitrogen and oxygen atoms in total. The van der Waals surface area contributed by atoms with Crippen LogP contribution in [0.4, 0.5) is 5.82 Å². The number of hydrogen-bond acceptors (Lipinski definition) is 7. The smallest absolute Gasteiger partial charge is 0.207 e. The Morgan fingerprint density at radius 2 is 2.15 bits per heavy atom. The summed E-state index contributed by atoms with van der Waals surface area (Å²) in [6.07, 6.45) is 9.50. The predicted molar refractivity (Wildman–Crippen MR) is 130 cm³/mol. The lowest BCUT2D eigenvalue weighted by atomic mass is 10.1. The molecule has 3 aromatic heterocycles. The number of halogens is 1. The highest BCUT2D eigenvalue weighted by atomic mass is 79.9. The summed E-state index contributed by atoms with van der Waals surface area (Å²) in [5.41, 5.74) is 9.67. The number of pyridine rings is 1. The Labute approximate surface area is 200 Å². The normalized spacial score (nSPS) is 15.7. The lowest BCUT2D eigenvalue weighted by molar-refractivity contribution is -0.0512. The summed E-state index contributed by atoms with van der Waals surface area (Å²) in [7, 11) is 1.61. The molecule has 33 heavy (non-hydrogen) atoms. The fraction of sp³-hybridized carbons (Fsp3) is 0.333. The molecule has 0 aliphatic carbocycles. The summed E-state index contributed by atoms with van der Waals surface area (Å²) in [6.45, 7) is 2.03. The molecule has 4 aromatic rings. The number of piperidine rings is 1. The second-order valence-corrected chi connectivity index (χ2v) is 9.09. The SMILES string of the molecule is COC(Cc1cccc(Br)c1)Oc1c(N)ncc2c(-c3cnn(C4CCNCC4)c3)coc12. The molecule has 0 bridgehead atoms. The van der Waals surface area contributed by atoms with Crippen molar-refractivity contribution in [2.45, 2.75) is 31.6 Å². The number of nitrogens with two attached hydrogens (primary N) is 1. The van der Waals surface area contributed by atoms with E-state index in [0.29, 0.717) is 23.8 Å². The minimum absolute atomic E-state index is 0.255. The van der Waals surface area contributed by atoms with Gasteiger partial charge in [0, 0.05) is 41.5 Å². The molecule has 172 valence electrons. The molecule has 9 heteroatoms. The van der Waals surface area contributed by atoms with Gasteiger partial charge in [-0.05, 0) is 43.6 Å². The van der Waals surface area contributed by atoms with Crippen molar-refractivity contribution in [1.82, 2.24) is 20.1 Å². The zero-order chi connectivity index (χ0) is 22.8. The molecule has 0 spiro atoms. The van der Waals surface area contributed by atoms with E-state index in [9.17, 15) is 0 Å². The van der Waals surface area contributed by atoms with Crippen molar-refractivity contribution in [3.8, 4) is 16.9 Å². The first-order valence-corrected chi connectivity index (χ1v) is 11.8. The van der Waals surface area contributed by atoms with Crippen molar-refractivity contribution in [3.63, 3.8) is 0 Å². The number of rotatable bonds is 7. The lowest BCUT2D eigenvalue weighted by Crippen LogP contribution is -2.29. The maximum Gasteiger partial charge on any atom is 0.207 e. The van der Waals surface area contributed by atoms with E-state index in [2.05, 4.69) is 42.2 Å². The van der Waals surface area contributed by atoms with Crippen molar-refractivity contribution < 1.29 is 13.9 Å². The van der Waals surface area contributed by atoms with Gasteiger partial charge in [0.05, 0.1) is 17.6 Å². The molecule has 3 N–H and O–H groups in total. The maximum absolute atomic E-state index is 6.18. The van der Waals surface area contributed by atoms with Crippen LogP contribution in [0.5, 0.6) is 5.75 Å². The summed E-state index contributed by atoms with van der Waals surface area (Å²) in [5, 5.41) is 8.82. The number of nitrogen functional groups attached to an aromatic ring is 1. The monoisotopic (exact) mass is 511 g/mol. The zero-order valence-electron chi connectivity index (χ0n) is 18.3. The van der Waals surface area contributed by atoms with Gasteiger partial charge >= 0.3 is 0 Å². The van der Waals surface area contributed by atoms with Gasteiger partial charge in [-0.25, -0.2) is 4.98 Å². The number of nitrogens with zero attached hydrogens (tertiary/aromatic N) is 3. The Morgan fingerprint density at radius 1 is 1.30 bits per heavy atom. The zero-order valence-corrected chi connectivity index (χ0v) is 19.9. The second-order valence-electron chi connectivity index (χ2n) is 8.17. The molecular formula is C24H26BrN5O3. The van der Waals surface area contributed by atoms with E-state index in [1.54, 1.807) is 19.6 Å². The number of aromatic nitrogens is 3. The molecule has 1 aliphatic heterocycles. The Kier molecular flexibility index (Phi) is 6.34. The maximum atomic E-state index is 6.18. The van der Waals surface area contributed by atoms with Gasteiger partial charge in [0.1, 0.15) is 6.26 Å². The lowest BCUT2D eigenvalue weighted by Gasteiger charge is -2.22. The van der Waals surface area contributed by atoms with Gasteiger partial charge < -0.3 is 24.9 Å². The molecule has 0 saturated carbocycles. The number of hydrogen-bond donors (Lipinski definition) is 2. The van der Waals surface area contributed by atoms with Crippen LogP contribution >= 0.6 is 15.9 Å². The Morgan fingerprint density at radius 3 is 2.94 bits per heavy atom. The third-order valence-electron chi connectivity index (χ3n) is 6.00. The average molecular weight is 512 g/mol. The van der Waals surface area contributed by atoms with Crippen molar-refractivity contribution in [3.05, 3.63) is 59.2 Å². The minimum Gasteiger partial charge on any atom is -0.460 e. The van der Waals surface area contributed by atoms with Crippen molar-refractivity contribution in [1.29, 1.82) is 0 Å². The summed E-state index contributed by atoms with van der Waals surface area (Å²) in [5.74, 6) is 0.636. The topological polar surface area (TPSA) is 100 Å². The van der Waals surface area contributed by atoms with Gasteiger partial charge in [-0.1, -0.05) is 28.1 Å². The first-order valence-electron chi connectivity index (χ1n) is 11.0. The number of fused-ring (bicyclic) bond motifs is 1. The summed E-state index contributed by atoms with van der Waals surface area (Å²) < 4.78 is 20.7. The molecule has 0 amide bonds. The third-order valence-corrected chi connectivity index (χ3v) is 6.49. The number of furan rings is 1. The number of methoxy groups -OCH3 is 1. The Balaban J connectivity index is 1.42. The number of nitrogens with one attached hydrogen (secondary N) is 1. The van der Waals surface area contributed by atoms with E-state index in [1.807, 2.05) is 30.5 Å². The van der Waals surface area contributed by atoms with Gasteiger partial charge in [-0.3, -0.25) is 4.68 Å². The van der Waals surface area contributed by atoms with Crippen molar-refractivity contribution in [2.24, 2.45) is 0 Å². The third kappa shape index (κ3) is 4.62. The number of anilines is 1. The molecule has 1 atom stereocenters. The van der Waals surface area contributed by atoms with E-state index < -0.39 is 6.29 Å². The fourth-order valence-corrected chi connectivity index (χ4v) is 4.67. The molecule has 1 aliphatic rings. The molecule has 4 heterocycles. The summed E-state index contributed by atoms with van der Waals surface area (Å²) in [4.78, 5) is 4.37. The molecule has 5 rings (SSSR count). The first kappa shape index (κ1) is 21.9. The highest BCUT2D eigenvalue weighted by Crippen LogP contribution is 2.38. The van der Waals surface area contributed by atoms with Gasteiger partial charge in [-0.2, -0.15) is 5.10 Å². The quantitative estimate of drug-likeness (QED) is 0.351. The van der Waals surface area contributed by atoms with Crippen LogP contribution in [0.1, 0.15) is 24.4 Å². The molecule has 1 fully saturated rings. The van der Waals surface area contributed by atoms with Crippen LogP contribution in [-0.4, -0.2) is 41.3 Å². The predicted octanol–water partition coefficient (Wildman–Crippen LogP) is 4.55. The number of ether oxygens (including phenoxy) is 2. The highest BCUT2D eigenvalue weighted by Gasteiger charge is 2.22.